The number of amides is 1. The highest BCUT2D eigenvalue weighted by molar-refractivity contribution is 6.35. The van der Waals surface area contributed by atoms with Gasteiger partial charge in [0.25, 0.3) is 0 Å². The summed E-state index contributed by atoms with van der Waals surface area (Å²) in [6.45, 7) is 4.22. The summed E-state index contributed by atoms with van der Waals surface area (Å²) >= 11 is 11.8. The number of aliphatic carboxylic acids is 1. The number of rotatable bonds is 8. The largest absolute Gasteiger partial charge is 0.480 e. The number of carbonyl (C=O) groups excluding carboxylic acids is 1. The molecule has 0 radical (unpaired) electrons. The lowest BCUT2D eigenvalue weighted by Gasteiger charge is -2.27. The Morgan fingerprint density at radius 2 is 1.84 bits per heavy atom. The zero-order chi connectivity index (χ0) is 18.2. The van der Waals surface area contributed by atoms with E-state index in [0.717, 1.165) is 13.1 Å². The summed E-state index contributed by atoms with van der Waals surface area (Å²) in [7, 11) is 0. The van der Waals surface area contributed by atoms with Gasteiger partial charge >= 0.3 is 5.97 Å². The van der Waals surface area contributed by atoms with Crippen LogP contribution in [0.15, 0.2) is 18.2 Å². The summed E-state index contributed by atoms with van der Waals surface area (Å²) < 4.78 is 5.26. The summed E-state index contributed by atoms with van der Waals surface area (Å²) in [5, 5.41) is 15.6. The summed E-state index contributed by atoms with van der Waals surface area (Å²) in [5.41, 5.74) is 0.431. The lowest BCUT2D eigenvalue weighted by Crippen LogP contribution is -2.45. The van der Waals surface area contributed by atoms with Crippen LogP contribution in [0.1, 0.15) is 6.42 Å². The lowest BCUT2D eigenvalue weighted by molar-refractivity contribution is -0.141. The molecule has 7 nitrogen and oxygen atoms in total. The van der Waals surface area contributed by atoms with Crippen molar-refractivity contribution in [3.8, 4) is 0 Å². The number of carboxylic acids is 1. The smallest absolute Gasteiger partial charge is 0.321 e. The van der Waals surface area contributed by atoms with Crippen LogP contribution in [0.2, 0.25) is 10.0 Å². The summed E-state index contributed by atoms with van der Waals surface area (Å²) in [6, 6.07) is 3.68. The third-order valence-corrected chi connectivity index (χ3v) is 4.19. The molecule has 0 aliphatic carbocycles. The second kappa shape index (κ2) is 9.94. The Morgan fingerprint density at radius 3 is 2.44 bits per heavy atom. The van der Waals surface area contributed by atoms with Crippen LogP contribution in [0.4, 0.5) is 5.69 Å². The molecule has 0 bridgehead atoms. The van der Waals surface area contributed by atoms with Gasteiger partial charge in [-0.15, -0.1) is 0 Å². The molecule has 1 saturated heterocycles. The average molecular weight is 390 g/mol. The average Bonchev–Trinajstić information content (AvgIpc) is 2.53. The molecule has 0 saturated carbocycles. The molecule has 2 rings (SSSR count). The maximum absolute atomic E-state index is 12.1. The van der Waals surface area contributed by atoms with E-state index in [1.54, 1.807) is 18.2 Å². The fraction of sp³-hybridized carbons (Fsp3) is 0.500. The van der Waals surface area contributed by atoms with Crippen molar-refractivity contribution in [3.05, 3.63) is 28.2 Å². The molecule has 0 aromatic heterocycles. The van der Waals surface area contributed by atoms with Crippen molar-refractivity contribution in [1.29, 1.82) is 0 Å². The Kier molecular flexibility index (Phi) is 7.92. The molecule has 1 aliphatic rings. The molecule has 25 heavy (non-hydrogen) atoms. The van der Waals surface area contributed by atoms with Crippen LogP contribution in [-0.4, -0.2) is 67.3 Å². The Balaban J connectivity index is 1.80. The quantitative estimate of drug-likeness (QED) is 0.626. The van der Waals surface area contributed by atoms with E-state index < -0.39 is 17.9 Å². The molecule has 1 fully saturated rings. The van der Waals surface area contributed by atoms with Crippen LogP contribution >= 0.6 is 23.2 Å². The molecule has 138 valence electrons. The fourth-order valence-electron chi connectivity index (χ4n) is 2.49. The van der Waals surface area contributed by atoms with E-state index in [4.69, 9.17) is 27.9 Å². The van der Waals surface area contributed by atoms with Crippen molar-refractivity contribution in [2.24, 2.45) is 0 Å². The van der Waals surface area contributed by atoms with Gasteiger partial charge in [-0.05, 0) is 18.2 Å². The summed E-state index contributed by atoms with van der Waals surface area (Å²) in [5.74, 6) is -1.49. The molecule has 1 amide bonds. The molecule has 1 aliphatic heterocycles. The normalized spacial score (nSPS) is 16.4. The van der Waals surface area contributed by atoms with E-state index in [-0.39, 0.29) is 6.42 Å². The molecule has 0 unspecified atom stereocenters. The zero-order valence-corrected chi connectivity index (χ0v) is 15.1. The van der Waals surface area contributed by atoms with E-state index in [1.807, 2.05) is 0 Å². The van der Waals surface area contributed by atoms with Crippen LogP contribution in [0.3, 0.4) is 0 Å². The third-order valence-electron chi connectivity index (χ3n) is 3.76. The molecule has 3 N–H and O–H groups in total. The Morgan fingerprint density at radius 1 is 1.20 bits per heavy atom. The maximum atomic E-state index is 12.1. The minimum Gasteiger partial charge on any atom is -0.480 e. The number of halogens is 2. The molecule has 1 atom stereocenters. The number of anilines is 1. The predicted octanol–water partition coefficient (Wildman–Crippen LogP) is 1.70. The van der Waals surface area contributed by atoms with Crippen molar-refractivity contribution in [1.82, 2.24) is 10.2 Å². The standard InChI is InChI=1S/C16H21Cl2N3O4/c17-11-7-12(18)9-13(8-11)20-15(22)10-14(16(23)24)19-1-2-21-3-5-25-6-4-21/h7-9,14,19H,1-6,10H2,(H,20,22)(H,23,24)/t14-/m1/s1. The van der Waals surface area contributed by atoms with Gasteiger partial charge in [0.05, 0.1) is 19.6 Å². The van der Waals surface area contributed by atoms with Crippen molar-refractivity contribution in [3.63, 3.8) is 0 Å². The minimum absolute atomic E-state index is 0.192. The molecule has 1 heterocycles. The highest BCUT2D eigenvalue weighted by atomic mass is 35.5. The number of nitrogens with zero attached hydrogens (tertiary/aromatic N) is 1. The van der Waals surface area contributed by atoms with Crippen molar-refractivity contribution >= 4 is 40.8 Å². The second-order valence-corrected chi connectivity index (χ2v) is 6.58. The first-order chi connectivity index (χ1) is 11.9. The molecule has 9 heteroatoms. The van der Waals surface area contributed by atoms with Crippen LogP contribution in [0.5, 0.6) is 0 Å². The molecule has 0 spiro atoms. The predicted molar refractivity (Wildman–Crippen MR) is 96.4 cm³/mol. The van der Waals surface area contributed by atoms with Gasteiger partial charge in [0, 0.05) is 41.9 Å². The van der Waals surface area contributed by atoms with Gasteiger partial charge in [-0.25, -0.2) is 0 Å². The third kappa shape index (κ3) is 7.17. The first kappa shape index (κ1) is 19.9. The number of hydrogen-bond acceptors (Lipinski definition) is 5. The van der Waals surface area contributed by atoms with Gasteiger partial charge in [0.15, 0.2) is 0 Å². The first-order valence-electron chi connectivity index (χ1n) is 7.96. The molecule has 1 aromatic rings. The number of ether oxygens (including phenoxy) is 1. The van der Waals surface area contributed by atoms with Gasteiger partial charge in [-0.1, -0.05) is 23.2 Å². The van der Waals surface area contributed by atoms with Crippen molar-refractivity contribution in [2.75, 3.05) is 44.7 Å². The number of morpholine rings is 1. The van der Waals surface area contributed by atoms with Crippen LogP contribution in [-0.2, 0) is 14.3 Å². The molecule has 1 aromatic carbocycles. The number of nitrogens with one attached hydrogen (secondary N) is 2. The summed E-state index contributed by atoms with van der Waals surface area (Å²) in [4.78, 5) is 25.6. The van der Waals surface area contributed by atoms with Gasteiger partial charge in [-0.2, -0.15) is 0 Å². The summed E-state index contributed by atoms with van der Waals surface area (Å²) in [6.07, 6.45) is -0.192. The van der Waals surface area contributed by atoms with Gasteiger partial charge in [0.2, 0.25) is 5.91 Å². The van der Waals surface area contributed by atoms with Crippen molar-refractivity contribution < 1.29 is 19.4 Å². The van der Waals surface area contributed by atoms with Gasteiger partial charge in [-0.3, -0.25) is 14.5 Å². The van der Waals surface area contributed by atoms with Crippen LogP contribution in [0, 0.1) is 0 Å². The number of benzene rings is 1. The Hall–Kier alpha value is -1.38. The Bertz CT molecular complexity index is 589. The van der Waals surface area contributed by atoms with E-state index in [0.29, 0.717) is 42.0 Å². The van der Waals surface area contributed by atoms with Crippen LogP contribution in [0.25, 0.3) is 0 Å². The van der Waals surface area contributed by atoms with E-state index in [2.05, 4.69) is 15.5 Å². The SMILES string of the molecule is O=C(C[C@@H](NCCN1CCOCC1)C(=O)O)Nc1cc(Cl)cc(Cl)c1. The minimum atomic E-state index is -1.07. The highest BCUT2D eigenvalue weighted by Gasteiger charge is 2.21. The zero-order valence-electron chi connectivity index (χ0n) is 13.6. The van der Waals surface area contributed by atoms with E-state index in [1.165, 1.54) is 0 Å². The highest BCUT2D eigenvalue weighted by Crippen LogP contribution is 2.22. The maximum Gasteiger partial charge on any atom is 0.321 e. The second-order valence-electron chi connectivity index (χ2n) is 5.71. The van der Waals surface area contributed by atoms with E-state index in [9.17, 15) is 14.7 Å². The van der Waals surface area contributed by atoms with Gasteiger partial charge in [0.1, 0.15) is 6.04 Å². The topological polar surface area (TPSA) is 90.9 Å². The molecular formula is C16H21Cl2N3O4. The monoisotopic (exact) mass is 389 g/mol. The Labute approximate surface area is 156 Å². The number of hydrogen-bond donors (Lipinski definition) is 3. The van der Waals surface area contributed by atoms with Crippen LogP contribution < -0.4 is 10.6 Å². The first-order valence-corrected chi connectivity index (χ1v) is 8.72. The number of carboxylic acid groups (broad SMARTS) is 1. The molecular weight excluding hydrogens is 369 g/mol. The number of carbonyl (C=O) groups is 2. The van der Waals surface area contributed by atoms with E-state index >= 15 is 0 Å². The van der Waals surface area contributed by atoms with Gasteiger partial charge < -0.3 is 20.5 Å². The lowest BCUT2D eigenvalue weighted by atomic mass is 10.2. The van der Waals surface area contributed by atoms with Crippen molar-refractivity contribution in [2.45, 2.75) is 12.5 Å². The fourth-order valence-corrected chi connectivity index (χ4v) is 3.02.